The lowest BCUT2D eigenvalue weighted by molar-refractivity contribution is -0.122. The first kappa shape index (κ1) is 16.0. The van der Waals surface area contributed by atoms with Gasteiger partial charge in [0.1, 0.15) is 10.7 Å². The molecule has 23 heavy (non-hydrogen) atoms. The summed E-state index contributed by atoms with van der Waals surface area (Å²) < 4.78 is 5.34. The Kier molecular flexibility index (Phi) is 5.62. The maximum absolute atomic E-state index is 11.9. The van der Waals surface area contributed by atoms with Crippen LogP contribution < -0.4 is 10.6 Å². The number of carbonyl (C=O) groups is 1. The topological polar surface area (TPSA) is 89.0 Å². The van der Waals surface area contributed by atoms with E-state index in [4.69, 9.17) is 4.74 Å². The summed E-state index contributed by atoms with van der Waals surface area (Å²) >= 11 is 1.54. The summed E-state index contributed by atoms with van der Waals surface area (Å²) in [5.41, 5.74) is 1.73. The van der Waals surface area contributed by atoms with E-state index >= 15 is 0 Å². The number of carbonyl (C=O) groups excluding carboxylic acids is 1. The van der Waals surface area contributed by atoms with Gasteiger partial charge in [-0.15, -0.1) is 11.3 Å². The molecule has 0 aliphatic carbocycles. The summed E-state index contributed by atoms with van der Waals surface area (Å²) in [7, 11) is 0. The highest BCUT2D eigenvalue weighted by Gasteiger charge is 2.16. The molecule has 3 rings (SSSR count). The fourth-order valence-electron chi connectivity index (χ4n) is 2.33. The molecule has 7 nitrogen and oxygen atoms in total. The zero-order valence-corrected chi connectivity index (χ0v) is 13.5. The number of aromatic nitrogens is 3. The Bertz CT molecular complexity index is 628. The molecule has 1 amide bonds. The SMILES string of the molecule is O=C(CC1COCCN1)NCCc1csc(-c2cnccn2)n1. The standard InChI is InChI=1S/C15H19N5O2S/c21-14(7-12-9-22-6-5-17-12)19-2-1-11-10-23-15(20-11)13-8-16-3-4-18-13/h3-4,8,10,12,17H,1-2,5-7,9H2,(H,19,21). The first-order chi connectivity index (χ1) is 11.3. The van der Waals surface area contributed by atoms with Gasteiger partial charge in [-0.2, -0.15) is 0 Å². The van der Waals surface area contributed by atoms with Crippen molar-refractivity contribution in [2.24, 2.45) is 0 Å². The second-order valence-electron chi connectivity index (χ2n) is 5.26. The maximum atomic E-state index is 11.9. The van der Waals surface area contributed by atoms with Crippen molar-refractivity contribution in [2.75, 3.05) is 26.3 Å². The third-order valence-corrected chi connectivity index (χ3v) is 4.38. The summed E-state index contributed by atoms with van der Waals surface area (Å²) in [6.07, 6.45) is 6.14. The molecule has 0 saturated carbocycles. The second-order valence-corrected chi connectivity index (χ2v) is 6.12. The minimum atomic E-state index is 0.0392. The van der Waals surface area contributed by atoms with E-state index in [2.05, 4.69) is 25.6 Å². The van der Waals surface area contributed by atoms with E-state index in [1.54, 1.807) is 18.6 Å². The predicted octanol–water partition coefficient (Wildman–Crippen LogP) is 0.637. The normalized spacial score (nSPS) is 17.8. The molecule has 0 spiro atoms. The van der Waals surface area contributed by atoms with E-state index in [9.17, 15) is 4.79 Å². The average molecular weight is 333 g/mol. The Balaban J connectivity index is 1.42. The third-order valence-electron chi connectivity index (χ3n) is 3.47. The van der Waals surface area contributed by atoms with Gasteiger partial charge in [0.05, 0.1) is 25.1 Å². The highest BCUT2D eigenvalue weighted by molar-refractivity contribution is 7.13. The van der Waals surface area contributed by atoms with Gasteiger partial charge in [-0.3, -0.25) is 14.8 Å². The van der Waals surface area contributed by atoms with Crippen LogP contribution in [0.3, 0.4) is 0 Å². The van der Waals surface area contributed by atoms with Crippen molar-refractivity contribution < 1.29 is 9.53 Å². The summed E-state index contributed by atoms with van der Waals surface area (Å²) in [5.74, 6) is 0.0392. The van der Waals surface area contributed by atoms with Gasteiger partial charge in [-0.25, -0.2) is 4.98 Å². The van der Waals surface area contributed by atoms with E-state index in [0.717, 1.165) is 29.5 Å². The molecular weight excluding hydrogens is 314 g/mol. The van der Waals surface area contributed by atoms with Gasteiger partial charge in [-0.05, 0) is 0 Å². The zero-order valence-electron chi connectivity index (χ0n) is 12.7. The van der Waals surface area contributed by atoms with Crippen molar-refractivity contribution in [3.8, 4) is 10.7 Å². The lowest BCUT2D eigenvalue weighted by atomic mass is 10.2. The number of hydrogen-bond acceptors (Lipinski definition) is 7. The summed E-state index contributed by atoms with van der Waals surface area (Å²) in [6, 6.07) is 0.117. The van der Waals surface area contributed by atoms with Crippen LogP contribution in [0.25, 0.3) is 10.7 Å². The number of amides is 1. The van der Waals surface area contributed by atoms with E-state index < -0.39 is 0 Å². The molecule has 8 heteroatoms. The molecule has 1 aliphatic heterocycles. The van der Waals surface area contributed by atoms with E-state index in [1.807, 2.05) is 5.38 Å². The van der Waals surface area contributed by atoms with Crippen molar-refractivity contribution in [2.45, 2.75) is 18.9 Å². The molecule has 0 bridgehead atoms. The molecule has 1 fully saturated rings. The first-order valence-electron chi connectivity index (χ1n) is 7.60. The summed E-state index contributed by atoms with van der Waals surface area (Å²) in [6.45, 7) is 2.70. The molecule has 1 aliphatic rings. The van der Waals surface area contributed by atoms with Crippen LogP contribution in [0.2, 0.25) is 0 Å². The highest BCUT2D eigenvalue weighted by Crippen LogP contribution is 2.20. The Labute approximate surface area is 138 Å². The zero-order chi connectivity index (χ0) is 15.9. The molecular formula is C15H19N5O2S. The van der Waals surface area contributed by atoms with E-state index in [1.165, 1.54) is 11.3 Å². The van der Waals surface area contributed by atoms with Gasteiger partial charge in [0.25, 0.3) is 0 Å². The molecule has 1 unspecified atom stereocenters. The Hall–Kier alpha value is -1.90. The van der Waals surface area contributed by atoms with Gasteiger partial charge in [0.2, 0.25) is 5.91 Å². The van der Waals surface area contributed by atoms with Crippen molar-refractivity contribution >= 4 is 17.2 Å². The van der Waals surface area contributed by atoms with Crippen molar-refractivity contribution in [1.82, 2.24) is 25.6 Å². The molecule has 1 atom stereocenters. The van der Waals surface area contributed by atoms with Crippen LogP contribution in [0, 0.1) is 0 Å². The lowest BCUT2D eigenvalue weighted by Gasteiger charge is -2.23. The molecule has 1 saturated heterocycles. The molecule has 0 aromatic carbocycles. The Morgan fingerprint density at radius 3 is 3.22 bits per heavy atom. The number of rotatable bonds is 6. The van der Waals surface area contributed by atoms with Gasteiger partial charge in [0.15, 0.2) is 0 Å². The average Bonchev–Trinajstić information content (AvgIpc) is 3.05. The van der Waals surface area contributed by atoms with Crippen molar-refractivity contribution in [1.29, 1.82) is 0 Å². The van der Waals surface area contributed by atoms with Crippen LogP contribution in [0.5, 0.6) is 0 Å². The van der Waals surface area contributed by atoms with Gasteiger partial charge >= 0.3 is 0 Å². The largest absolute Gasteiger partial charge is 0.378 e. The van der Waals surface area contributed by atoms with Crippen LogP contribution >= 0.6 is 11.3 Å². The maximum Gasteiger partial charge on any atom is 0.221 e. The van der Waals surface area contributed by atoms with Gasteiger partial charge < -0.3 is 15.4 Å². The second kappa shape index (κ2) is 8.09. The first-order valence-corrected chi connectivity index (χ1v) is 8.48. The predicted molar refractivity (Wildman–Crippen MR) is 87.1 cm³/mol. The van der Waals surface area contributed by atoms with E-state index in [0.29, 0.717) is 26.0 Å². The van der Waals surface area contributed by atoms with Gasteiger partial charge in [-0.1, -0.05) is 0 Å². The van der Waals surface area contributed by atoms with Crippen LogP contribution in [0.4, 0.5) is 0 Å². The Morgan fingerprint density at radius 2 is 2.43 bits per heavy atom. The molecule has 0 radical (unpaired) electrons. The quantitative estimate of drug-likeness (QED) is 0.806. The third kappa shape index (κ3) is 4.78. The molecule has 2 aromatic rings. The fourth-order valence-corrected chi connectivity index (χ4v) is 3.14. The summed E-state index contributed by atoms with van der Waals surface area (Å²) in [5, 5.41) is 9.04. The Morgan fingerprint density at radius 1 is 1.48 bits per heavy atom. The number of hydrogen-bond donors (Lipinski definition) is 2. The molecule has 122 valence electrons. The van der Waals surface area contributed by atoms with Crippen LogP contribution in [0.1, 0.15) is 12.1 Å². The van der Waals surface area contributed by atoms with E-state index in [-0.39, 0.29) is 11.9 Å². The lowest BCUT2D eigenvalue weighted by Crippen LogP contribution is -2.44. The van der Waals surface area contributed by atoms with Crippen LogP contribution in [-0.4, -0.2) is 53.2 Å². The molecule has 3 heterocycles. The minimum absolute atomic E-state index is 0.0392. The van der Waals surface area contributed by atoms with Gasteiger partial charge in [0, 0.05) is 49.7 Å². The number of ether oxygens (including phenoxy) is 1. The number of morpholine rings is 1. The number of nitrogens with one attached hydrogen (secondary N) is 2. The van der Waals surface area contributed by atoms with Crippen molar-refractivity contribution in [3.63, 3.8) is 0 Å². The number of nitrogens with zero attached hydrogens (tertiary/aromatic N) is 3. The fraction of sp³-hybridized carbons (Fsp3) is 0.467. The number of thiazole rings is 1. The minimum Gasteiger partial charge on any atom is -0.378 e. The molecule has 2 aromatic heterocycles. The van der Waals surface area contributed by atoms with Crippen LogP contribution in [0.15, 0.2) is 24.0 Å². The monoisotopic (exact) mass is 333 g/mol. The van der Waals surface area contributed by atoms with Crippen LogP contribution in [-0.2, 0) is 16.0 Å². The highest BCUT2D eigenvalue weighted by atomic mass is 32.1. The molecule has 2 N–H and O–H groups in total. The van der Waals surface area contributed by atoms with Crippen molar-refractivity contribution in [3.05, 3.63) is 29.7 Å². The summed E-state index contributed by atoms with van der Waals surface area (Å²) in [4.78, 5) is 24.7. The smallest absolute Gasteiger partial charge is 0.221 e.